The zero-order valence-corrected chi connectivity index (χ0v) is 8.82. The van der Waals surface area contributed by atoms with Crippen LogP contribution in [0.25, 0.3) is 0 Å². The van der Waals surface area contributed by atoms with Crippen LogP contribution in [-0.4, -0.2) is 31.6 Å². The number of hydrogen-bond acceptors (Lipinski definition) is 4. The highest BCUT2D eigenvalue weighted by Gasteiger charge is 2.22. The Bertz CT molecular complexity index is 175. The Balaban J connectivity index is 2.24. The van der Waals surface area contributed by atoms with E-state index >= 15 is 0 Å². The Kier molecular flexibility index (Phi) is 4.90. The Hall–Kier alpha value is -0.610. The Labute approximate surface area is 84.5 Å². The van der Waals surface area contributed by atoms with Gasteiger partial charge in [-0.05, 0) is 33.1 Å². The molecule has 0 aromatic heterocycles. The third-order valence-electron chi connectivity index (χ3n) is 2.11. The second kappa shape index (κ2) is 5.98. The van der Waals surface area contributed by atoms with Crippen molar-refractivity contribution in [1.29, 1.82) is 0 Å². The normalized spacial score (nSPS) is 24.3. The monoisotopic (exact) mass is 202 g/mol. The average Bonchev–Trinajstić information content (AvgIpc) is 2.19. The van der Waals surface area contributed by atoms with Crippen molar-refractivity contribution in [2.24, 2.45) is 0 Å². The third kappa shape index (κ3) is 3.64. The molecule has 0 aliphatic carbocycles. The topological polar surface area (TPSA) is 44.8 Å². The van der Waals surface area contributed by atoms with Gasteiger partial charge in [0.1, 0.15) is 0 Å². The first-order valence-electron chi connectivity index (χ1n) is 5.17. The molecule has 2 atom stereocenters. The van der Waals surface area contributed by atoms with Crippen LogP contribution in [0.1, 0.15) is 33.1 Å². The molecule has 1 fully saturated rings. The summed E-state index contributed by atoms with van der Waals surface area (Å²) in [5.74, 6) is -0.318. The smallest absolute Gasteiger partial charge is 0.335 e. The SMILES string of the molecule is CCOC(=O)[C@@H](C)OC1CCCCO1. The van der Waals surface area contributed by atoms with Gasteiger partial charge in [0.25, 0.3) is 0 Å². The van der Waals surface area contributed by atoms with E-state index < -0.39 is 6.10 Å². The predicted molar refractivity (Wildman–Crippen MR) is 50.8 cm³/mol. The second-order valence-corrected chi connectivity index (χ2v) is 3.33. The molecule has 1 heterocycles. The lowest BCUT2D eigenvalue weighted by Gasteiger charge is -2.25. The highest BCUT2D eigenvalue weighted by Crippen LogP contribution is 2.15. The summed E-state index contributed by atoms with van der Waals surface area (Å²) in [5.41, 5.74) is 0. The number of rotatable bonds is 4. The van der Waals surface area contributed by atoms with E-state index in [1.165, 1.54) is 0 Å². The maximum atomic E-state index is 11.2. The summed E-state index contributed by atoms with van der Waals surface area (Å²) < 4.78 is 15.6. The third-order valence-corrected chi connectivity index (χ3v) is 2.11. The number of esters is 1. The first kappa shape index (κ1) is 11.5. The maximum absolute atomic E-state index is 11.2. The van der Waals surface area contributed by atoms with Gasteiger partial charge >= 0.3 is 5.97 Å². The fraction of sp³-hybridized carbons (Fsp3) is 0.900. The van der Waals surface area contributed by atoms with Gasteiger partial charge in [0.05, 0.1) is 6.61 Å². The molecule has 0 aromatic carbocycles. The molecule has 0 aromatic rings. The molecule has 4 heteroatoms. The van der Waals surface area contributed by atoms with Crippen molar-refractivity contribution in [1.82, 2.24) is 0 Å². The number of ether oxygens (including phenoxy) is 3. The fourth-order valence-corrected chi connectivity index (χ4v) is 1.36. The summed E-state index contributed by atoms with van der Waals surface area (Å²) >= 11 is 0. The van der Waals surface area contributed by atoms with Gasteiger partial charge in [0.15, 0.2) is 12.4 Å². The molecule has 14 heavy (non-hydrogen) atoms. The molecule has 0 bridgehead atoms. The molecular formula is C10H18O4. The first-order chi connectivity index (χ1) is 6.74. The summed E-state index contributed by atoms with van der Waals surface area (Å²) in [7, 11) is 0. The van der Waals surface area contributed by atoms with E-state index in [2.05, 4.69) is 0 Å². The molecule has 0 amide bonds. The van der Waals surface area contributed by atoms with Gasteiger partial charge in [-0.2, -0.15) is 0 Å². The average molecular weight is 202 g/mol. The van der Waals surface area contributed by atoms with Crippen molar-refractivity contribution >= 4 is 5.97 Å². The van der Waals surface area contributed by atoms with E-state index in [9.17, 15) is 4.79 Å². The van der Waals surface area contributed by atoms with Crippen molar-refractivity contribution in [3.8, 4) is 0 Å². The second-order valence-electron chi connectivity index (χ2n) is 3.33. The van der Waals surface area contributed by atoms with Crippen LogP contribution in [0.3, 0.4) is 0 Å². The zero-order valence-electron chi connectivity index (χ0n) is 8.82. The lowest BCUT2D eigenvalue weighted by molar-refractivity contribution is -0.200. The highest BCUT2D eigenvalue weighted by atomic mass is 16.7. The molecule has 1 unspecified atom stereocenters. The summed E-state index contributed by atoms with van der Waals surface area (Å²) in [6.07, 6.45) is 2.28. The minimum Gasteiger partial charge on any atom is -0.464 e. The van der Waals surface area contributed by atoms with E-state index in [0.29, 0.717) is 6.61 Å². The van der Waals surface area contributed by atoms with Crippen LogP contribution in [0.2, 0.25) is 0 Å². The van der Waals surface area contributed by atoms with Gasteiger partial charge in [-0.25, -0.2) is 4.79 Å². The minimum atomic E-state index is -0.530. The van der Waals surface area contributed by atoms with Crippen molar-refractivity contribution in [2.75, 3.05) is 13.2 Å². The number of hydrogen-bond donors (Lipinski definition) is 0. The van der Waals surface area contributed by atoms with Gasteiger partial charge in [-0.3, -0.25) is 0 Å². The molecule has 1 rings (SSSR count). The molecular weight excluding hydrogens is 184 g/mol. The van der Waals surface area contributed by atoms with Gasteiger partial charge < -0.3 is 14.2 Å². The van der Waals surface area contributed by atoms with Crippen molar-refractivity contribution in [3.63, 3.8) is 0 Å². The molecule has 0 N–H and O–H groups in total. The van der Waals surface area contributed by atoms with Crippen LogP contribution in [0.5, 0.6) is 0 Å². The van der Waals surface area contributed by atoms with E-state index in [1.54, 1.807) is 13.8 Å². The maximum Gasteiger partial charge on any atom is 0.335 e. The van der Waals surface area contributed by atoms with Crippen molar-refractivity contribution in [3.05, 3.63) is 0 Å². The van der Waals surface area contributed by atoms with E-state index in [4.69, 9.17) is 14.2 Å². The van der Waals surface area contributed by atoms with Crippen LogP contribution >= 0.6 is 0 Å². The van der Waals surface area contributed by atoms with Gasteiger partial charge in [0.2, 0.25) is 0 Å². The fourth-order valence-electron chi connectivity index (χ4n) is 1.36. The van der Waals surface area contributed by atoms with E-state index in [0.717, 1.165) is 25.9 Å². The zero-order chi connectivity index (χ0) is 10.4. The molecule has 82 valence electrons. The Morgan fingerprint density at radius 2 is 2.36 bits per heavy atom. The van der Waals surface area contributed by atoms with Crippen LogP contribution in [-0.2, 0) is 19.0 Å². The van der Waals surface area contributed by atoms with Crippen LogP contribution < -0.4 is 0 Å². The number of carbonyl (C=O) groups excluding carboxylic acids is 1. The van der Waals surface area contributed by atoms with Crippen molar-refractivity contribution < 1.29 is 19.0 Å². The van der Waals surface area contributed by atoms with Crippen LogP contribution in [0.4, 0.5) is 0 Å². The summed E-state index contributed by atoms with van der Waals surface area (Å²) in [6, 6.07) is 0. The molecule has 1 aliphatic heterocycles. The standard InChI is InChI=1S/C10H18O4/c1-3-12-10(11)8(2)14-9-6-4-5-7-13-9/h8-9H,3-7H2,1-2H3/t8-,9?/m1/s1. The van der Waals surface area contributed by atoms with E-state index in [1.807, 2.05) is 0 Å². The van der Waals surface area contributed by atoms with Gasteiger partial charge in [-0.15, -0.1) is 0 Å². The van der Waals surface area contributed by atoms with Crippen molar-refractivity contribution in [2.45, 2.75) is 45.5 Å². The van der Waals surface area contributed by atoms with Gasteiger partial charge in [0, 0.05) is 6.61 Å². The van der Waals surface area contributed by atoms with Crippen LogP contribution in [0.15, 0.2) is 0 Å². The minimum absolute atomic E-state index is 0.233. The summed E-state index contributed by atoms with van der Waals surface area (Å²) in [6.45, 7) is 4.58. The van der Waals surface area contributed by atoms with Crippen LogP contribution in [0, 0.1) is 0 Å². The number of carbonyl (C=O) groups is 1. The molecule has 1 saturated heterocycles. The molecule has 1 aliphatic rings. The molecule has 0 radical (unpaired) electrons. The summed E-state index contributed by atoms with van der Waals surface area (Å²) in [5, 5.41) is 0. The molecule has 0 saturated carbocycles. The Morgan fingerprint density at radius 1 is 1.57 bits per heavy atom. The largest absolute Gasteiger partial charge is 0.464 e. The lowest BCUT2D eigenvalue weighted by atomic mass is 10.2. The Morgan fingerprint density at radius 3 is 2.93 bits per heavy atom. The quantitative estimate of drug-likeness (QED) is 0.648. The first-order valence-corrected chi connectivity index (χ1v) is 5.17. The predicted octanol–water partition coefficient (Wildman–Crippen LogP) is 1.48. The molecule has 4 nitrogen and oxygen atoms in total. The molecule has 0 spiro atoms. The van der Waals surface area contributed by atoms with Gasteiger partial charge in [-0.1, -0.05) is 0 Å². The summed E-state index contributed by atoms with van der Waals surface area (Å²) in [4.78, 5) is 11.2. The highest BCUT2D eigenvalue weighted by molar-refractivity contribution is 5.74. The van der Waals surface area contributed by atoms with E-state index in [-0.39, 0.29) is 12.3 Å². The lowest BCUT2D eigenvalue weighted by Crippen LogP contribution is -2.32.